The van der Waals surface area contributed by atoms with E-state index in [1.165, 1.54) is 16.9 Å². The minimum Gasteiger partial charge on any atom is -0.334 e. The largest absolute Gasteiger partial charge is 0.334 e. The molecule has 0 bridgehead atoms. The van der Waals surface area contributed by atoms with Gasteiger partial charge in [-0.05, 0) is 42.8 Å². The summed E-state index contributed by atoms with van der Waals surface area (Å²) >= 11 is 1.42. The average Bonchev–Trinajstić information content (AvgIpc) is 2.91. The molecule has 0 saturated heterocycles. The molecule has 3 heterocycles. The van der Waals surface area contributed by atoms with Crippen molar-refractivity contribution in [2.24, 2.45) is 4.99 Å². The third-order valence-electron chi connectivity index (χ3n) is 3.91. The molecule has 0 radical (unpaired) electrons. The van der Waals surface area contributed by atoms with Crippen LogP contribution in [0.4, 0.5) is 5.69 Å². The van der Waals surface area contributed by atoms with Crippen LogP contribution < -0.4 is 19.8 Å². The molecule has 1 aliphatic rings. The van der Waals surface area contributed by atoms with Gasteiger partial charge in [0.15, 0.2) is 4.80 Å². The maximum atomic E-state index is 12.7. The van der Waals surface area contributed by atoms with Crippen molar-refractivity contribution in [2.45, 2.75) is 13.6 Å². The van der Waals surface area contributed by atoms with Crippen molar-refractivity contribution in [3.05, 3.63) is 79.6 Å². The molecule has 0 atom stereocenters. The monoisotopic (exact) mass is 336 g/mol. The molecule has 1 aromatic carbocycles. The summed E-state index contributed by atoms with van der Waals surface area (Å²) in [4.78, 5) is 24.4. The molecule has 0 spiro atoms. The quantitative estimate of drug-likeness (QED) is 0.713. The zero-order chi connectivity index (χ0) is 16.5. The zero-order valence-corrected chi connectivity index (χ0v) is 14.0. The number of anilines is 1. The van der Waals surface area contributed by atoms with Gasteiger partial charge in [0.25, 0.3) is 5.56 Å². The number of thiazole rings is 1. The molecule has 0 fully saturated rings. The first-order valence-electron chi connectivity index (χ1n) is 7.69. The summed E-state index contributed by atoms with van der Waals surface area (Å²) in [5.74, 6) is 0. The Balaban J connectivity index is 1.73. The average molecular weight is 336 g/mol. The van der Waals surface area contributed by atoms with Crippen LogP contribution in [0.1, 0.15) is 11.3 Å². The first-order valence-corrected chi connectivity index (χ1v) is 8.51. The number of benzene rings is 1. The topological polar surface area (TPSA) is 50.5 Å². The highest BCUT2D eigenvalue weighted by Crippen LogP contribution is 2.17. The molecule has 3 aromatic rings. The molecule has 5 nitrogen and oxygen atoms in total. The van der Waals surface area contributed by atoms with Gasteiger partial charge in [0.2, 0.25) is 0 Å². The maximum Gasteiger partial charge on any atom is 0.271 e. The molecule has 4 rings (SSSR count). The van der Waals surface area contributed by atoms with Crippen LogP contribution in [0, 0.1) is 6.92 Å². The van der Waals surface area contributed by atoms with E-state index >= 15 is 0 Å². The number of hydrogen-bond donors (Lipinski definition) is 0. The van der Waals surface area contributed by atoms with Crippen molar-refractivity contribution >= 4 is 23.1 Å². The lowest BCUT2D eigenvalue weighted by Gasteiger charge is -2.25. The molecule has 0 aliphatic carbocycles. The molecule has 120 valence electrons. The normalized spacial score (nSPS) is 14.4. The fraction of sp³-hybridized carbons (Fsp3) is 0.167. The summed E-state index contributed by atoms with van der Waals surface area (Å²) in [5.41, 5.74) is 3.05. The number of nitrogens with zero attached hydrogens (tertiary/aromatic N) is 4. The van der Waals surface area contributed by atoms with Crippen LogP contribution in [-0.2, 0) is 6.67 Å². The highest BCUT2D eigenvalue weighted by atomic mass is 32.1. The second-order valence-corrected chi connectivity index (χ2v) is 6.71. The lowest BCUT2D eigenvalue weighted by Crippen LogP contribution is -2.42. The van der Waals surface area contributed by atoms with Crippen molar-refractivity contribution in [2.75, 3.05) is 11.6 Å². The summed E-state index contributed by atoms with van der Waals surface area (Å²) in [6.07, 6.45) is 3.55. The standard InChI is InChI=1S/C18H16N4OS/c1-13-5-4-7-15(9-13)21-11-20-18-22(12-21)17(23)16(24-18)10-14-6-2-3-8-19-14/h2-10H,11-12H2,1H3/b16-10+. The molecule has 1 aliphatic heterocycles. The van der Waals surface area contributed by atoms with Crippen LogP contribution >= 0.6 is 11.3 Å². The van der Waals surface area contributed by atoms with Crippen molar-refractivity contribution in [3.8, 4) is 0 Å². The van der Waals surface area contributed by atoms with Gasteiger partial charge in [-0.1, -0.05) is 29.5 Å². The first-order chi connectivity index (χ1) is 11.7. The van der Waals surface area contributed by atoms with Gasteiger partial charge in [0.1, 0.15) is 13.3 Å². The summed E-state index contributed by atoms with van der Waals surface area (Å²) in [7, 11) is 0. The van der Waals surface area contributed by atoms with E-state index in [2.05, 4.69) is 33.9 Å². The molecular weight excluding hydrogens is 320 g/mol. The number of fused-ring (bicyclic) bond motifs is 1. The molecule has 0 saturated carbocycles. The van der Waals surface area contributed by atoms with E-state index in [1.807, 2.05) is 36.4 Å². The fourth-order valence-corrected chi connectivity index (χ4v) is 3.64. The molecule has 2 aromatic heterocycles. The fourth-order valence-electron chi connectivity index (χ4n) is 2.70. The lowest BCUT2D eigenvalue weighted by atomic mass is 10.2. The second kappa shape index (κ2) is 6.05. The summed E-state index contributed by atoms with van der Waals surface area (Å²) in [6, 6.07) is 13.9. The van der Waals surface area contributed by atoms with Crippen LogP contribution in [0.25, 0.3) is 6.08 Å². The highest BCUT2D eigenvalue weighted by Gasteiger charge is 2.15. The Morgan fingerprint density at radius 3 is 2.92 bits per heavy atom. The van der Waals surface area contributed by atoms with Crippen molar-refractivity contribution in [1.29, 1.82) is 0 Å². The van der Waals surface area contributed by atoms with Crippen LogP contribution in [0.2, 0.25) is 0 Å². The van der Waals surface area contributed by atoms with Crippen LogP contribution in [-0.4, -0.2) is 16.2 Å². The molecule has 24 heavy (non-hydrogen) atoms. The van der Waals surface area contributed by atoms with Gasteiger partial charge in [-0.15, -0.1) is 0 Å². The number of hydrogen-bond acceptors (Lipinski definition) is 5. The lowest BCUT2D eigenvalue weighted by molar-refractivity contribution is 0.569. The van der Waals surface area contributed by atoms with E-state index in [-0.39, 0.29) is 5.56 Å². The van der Waals surface area contributed by atoms with Gasteiger partial charge >= 0.3 is 0 Å². The van der Waals surface area contributed by atoms with Gasteiger partial charge in [0.05, 0.1) is 10.2 Å². The van der Waals surface area contributed by atoms with E-state index in [0.29, 0.717) is 17.9 Å². The number of aromatic nitrogens is 2. The minimum absolute atomic E-state index is 0.0123. The van der Waals surface area contributed by atoms with Gasteiger partial charge in [-0.25, -0.2) is 4.99 Å². The van der Waals surface area contributed by atoms with Gasteiger partial charge in [-0.3, -0.25) is 14.3 Å². The van der Waals surface area contributed by atoms with E-state index in [1.54, 1.807) is 10.8 Å². The summed E-state index contributed by atoms with van der Waals surface area (Å²) < 4.78 is 2.39. The summed E-state index contributed by atoms with van der Waals surface area (Å²) in [5, 5.41) is 0. The smallest absolute Gasteiger partial charge is 0.271 e. The summed E-state index contributed by atoms with van der Waals surface area (Å²) in [6.45, 7) is 3.15. The van der Waals surface area contributed by atoms with Crippen LogP contribution in [0.15, 0.2) is 58.4 Å². The molecule has 0 unspecified atom stereocenters. The molecular formula is C18H16N4OS. The van der Waals surface area contributed by atoms with Crippen LogP contribution in [0.5, 0.6) is 0 Å². The zero-order valence-electron chi connectivity index (χ0n) is 13.2. The van der Waals surface area contributed by atoms with Gasteiger partial charge in [0, 0.05) is 11.9 Å². The second-order valence-electron chi connectivity index (χ2n) is 5.70. The van der Waals surface area contributed by atoms with E-state index in [4.69, 9.17) is 0 Å². The Morgan fingerprint density at radius 1 is 1.21 bits per heavy atom. The number of pyridine rings is 1. The Hall–Kier alpha value is -2.73. The molecule has 6 heteroatoms. The Kier molecular flexibility index (Phi) is 3.74. The third-order valence-corrected chi connectivity index (χ3v) is 4.95. The van der Waals surface area contributed by atoms with Crippen molar-refractivity contribution in [3.63, 3.8) is 0 Å². The minimum atomic E-state index is -0.0123. The molecule has 0 amide bonds. The van der Waals surface area contributed by atoms with E-state index in [9.17, 15) is 4.79 Å². The Bertz CT molecular complexity index is 1050. The van der Waals surface area contributed by atoms with E-state index in [0.717, 1.165) is 16.2 Å². The first kappa shape index (κ1) is 14.8. The van der Waals surface area contributed by atoms with Crippen molar-refractivity contribution < 1.29 is 0 Å². The predicted molar refractivity (Wildman–Crippen MR) is 95.7 cm³/mol. The van der Waals surface area contributed by atoms with Crippen LogP contribution in [0.3, 0.4) is 0 Å². The maximum absolute atomic E-state index is 12.7. The van der Waals surface area contributed by atoms with Gasteiger partial charge in [-0.2, -0.15) is 0 Å². The SMILES string of the molecule is Cc1cccc(N2CN=c3s/c(=C/c4ccccn4)c(=O)n3C2)c1. The highest BCUT2D eigenvalue weighted by molar-refractivity contribution is 7.07. The Labute approximate surface area is 142 Å². The number of aryl methyl sites for hydroxylation is 1. The molecule has 0 N–H and O–H groups in total. The van der Waals surface area contributed by atoms with Gasteiger partial charge < -0.3 is 4.90 Å². The predicted octanol–water partition coefficient (Wildman–Crippen LogP) is 1.50. The van der Waals surface area contributed by atoms with Crippen molar-refractivity contribution in [1.82, 2.24) is 9.55 Å². The van der Waals surface area contributed by atoms with E-state index < -0.39 is 0 Å². The third kappa shape index (κ3) is 2.76. The Morgan fingerprint density at radius 2 is 2.12 bits per heavy atom. The number of rotatable bonds is 2.